The number of nitrogens with two attached hydrogens (primary N) is 1. The van der Waals surface area contributed by atoms with Crippen molar-refractivity contribution in [3.05, 3.63) is 29.3 Å². The zero-order chi connectivity index (χ0) is 11.5. The van der Waals surface area contributed by atoms with E-state index in [4.69, 9.17) is 17.3 Å². The van der Waals surface area contributed by atoms with Crippen LogP contribution in [0.3, 0.4) is 0 Å². The average Bonchev–Trinajstić information content (AvgIpc) is 2.61. The number of nitrogens with zero attached hydrogens (tertiary/aromatic N) is 2. The van der Waals surface area contributed by atoms with Crippen molar-refractivity contribution in [3.8, 4) is 0 Å². The van der Waals surface area contributed by atoms with Crippen LogP contribution in [0.1, 0.15) is 12.8 Å². The summed E-state index contributed by atoms with van der Waals surface area (Å²) in [5.74, 6) is -0.0224. The fourth-order valence-electron chi connectivity index (χ4n) is 1.57. The molecule has 16 heavy (non-hydrogen) atoms. The molecule has 0 radical (unpaired) electrons. The highest BCUT2D eigenvalue weighted by atomic mass is 35.5. The molecule has 1 aliphatic heterocycles. The summed E-state index contributed by atoms with van der Waals surface area (Å²) >= 11 is 5.78. The molecule has 2 rings (SSSR count). The highest BCUT2D eigenvalue weighted by molar-refractivity contribution is 6.30. The highest BCUT2D eigenvalue weighted by Gasteiger charge is 2.24. The van der Waals surface area contributed by atoms with E-state index in [2.05, 4.69) is 5.10 Å². The number of anilines is 1. The lowest BCUT2D eigenvalue weighted by Crippen LogP contribution is -2.19. The third-order valence-electron chi connectivity index (χ3n) is 2.34. The van der Waals surface area contributed by atoms with E-state index in [9.17, 15) is 4.79 Å². The van der Waals surface area contributed by atoms with Crippen molar-refractivity contribution >= 4 is 28.9 Å². The highest BCUT2D eigenvalue weighted by Crippen LogP contribution is 2.22. The Balaban J connectivity index is 2.21. The third-order valence-corrected chi connectivity index (χ3v) is 2.59. The predicted molar refractivity (Wildman–Crippen MR) is 64.7 cm³/mol. The van der Waals surface area contributed by atoms with E-state index < -0.39 is 0 Å². The van der Waals surface area contributed by atoms with Crippen LogP contribution >= 0.6 is 11.6 Å². The molecule has 5 heteroatoms. The van der Waals surface area contributed by atoms with Gasteiger partial charge in [-0.05, 0) is 30.8 Å². The summed E-state index contributed by atoms with van der Waals surface area (Å²) in [6.45, 7) is 0.514. The Morgan fingerprint density at radius 2 is 2.06 bits per heavy atom. The molecule has 1 aromatic carbocycles. The molecule has 84 valence electrons. The van der Waals surface area contributed by atoms with Crippen LogP contribution in [-0.2, 0) is 4.79 Å². The zero-order valence-corrected chi connectivity index (χ0v) is 9.44. The van der Waals surface area contributed by atoms with Crippen molar-refractivity contribution < 1.29 is 4.79 Å². The van der Waals surface area contributed by atoms with Crippen LogP contribution in [0.15, 0.2) is 29.4 Å². The molecule has 1 heterocycles. The van der Waals surface area contributed by atoms with Gasteiger partial charge in [0.1, 0.15) is 0 Å². The molecule has 0 fully saturated rings. The summed E-state index contributed by atoms with van der Waals surface area (Å²) in [6, 6.07) is 7.02. The van der Waals surface area contributed by atoms with Gasteiger partial charge in [-0.25, -0.2) is 5.01 Å². The van der Waals surface area contributed by atoms with E-state index >= 15 is 0 Å². The first-order chi connectivity index (χ1) is 7.70. The van der Waals surface area contributed by atoms with Crippen molar-refractivity contribution in [1.29, 1.82) is 0 Å². The second kappa shape index (κ2) is 4.63. The van der Waals surface area contributed by atoms with Crippen LogP contribution in [0.2, 0.25) is 5.02 Å². The van der Waals surface area contributed by atoms with E-state index in [-0.39, 0.29) is 5.91 Å². The lowest BCUT2D eigenvalue weighted by atomic mass is 10.2. The number of hydrogen-bond donors (Lipinski definition) is 1. The molecule has 0 atom stereocenters. The minimum Gasteiger partial charge on any atom is -0.330 e. The van der Waals surface area contributed by atoms with E-state index in [0.717, 1.165) is 11.4 Å². The second-order valence-electron chi connectivity index (χ2n) is 3.56. The summed E-state index contributed by atoms with van der Waals surface area (Å²) in [5, 5.41) is 6.28. The van der Waals surface area contributed by atoms with Gasteiger partial charge < -0.3 is 5.73 Å². The zero-order valence-electron chi connectivity index (χ0n) is 8.69. The van der Waals surface area contributed by atoms with Gasteiger partial charge in [0, 0.05) is 17.2 Å². The molecule has 0 bridgehead atoms. The number of halogens is 1. The normalized spacial score (nSPS) is 15.5. The first kappa shape index (κ1) is 11.1. The van der Waals surface area contributed by atoms with E-state index in [1.54, 1.807) is 24.3 Å². The van der Waals surface area contributed by atoms with Gasteiger partial charge in [-0.3, -0.25) is 4.79 Å². The summed E-state index contributed by atoms with van der Waals surface area (Å²) in [4.78, 5) is 11.7. The van der Waals surface area contributed by atoms with Crippen molar-refractivity contribution in [2.45, 2.75) is 12.8 Å². The quantitative estimate of drug-likeness (QED) is 0.871. The molecule has 0 saturated heterocycles. The Kier molecular flexibility index (Phi) is 3.22. The van der Waals surface area contributed by atoms with Gasteiger partial charge in [0.2, 0.25) is 0 Å². The third kappa shape index (κ3) is 2.23. The van der Waals surface area contributed by atoms with Crippen LogP contribution in [0, 0.1) is 0 Å². The van der Waals surface area contributed by atoms with Gasteiger partial charge in [0.05, 0.1) is 12.1 Å². The first-order valence-electron chi connectivity index (χ1n) is 5.05. The molecule has 1 aromatic rings. The minimum absolute atomic E-state index is 0.0224. The van der Waals surface area contributed by atoms with Crippen LogP contribution < -0.4 is 10.7 Å². The maximum absolute atomic E-state index is 11.7. The minimum atomic E-state index is -0.0224. The Bertz CT molecular complexity index is 427. The van der Waals surface area contributed by atoms with Crippen LogP contribution in [0.5, 0.6) is 0 Å². The molecule has 1 amide bonds. The Labute approximate surface area is 98.7 Å². The average molecular weight is 238 g/mol. The number of carbonyl (C=O) groups excluding carboxylic acids is 1. The monoisotopic (exact) mass is 237 g/mol. The summed E-state index contributed by atoms with van der Waals surface area (Å²) in [5.41, 5.74) is 7.00. The van der Waals surface area contributed by atoms with Gasteiger partial charge in [-0.2, -0.15) is 5.10 Å². The summed E-state index contributed by atoms with van der Waals surface area (Å²) in [6.07, 6.45) is 1.02. The first-order valence-corrected chi connectivity index (χ1v) is 5.43. The largest absolute Gasteiger partial charge is 0.330 e. The van der Waals surface area contributed by atoms with Gasteiger partial charge in [-0.1, -0.05) is 11.6 Å². The molecule has 0 aliphatic carbocycles. The molecule has 0 saturated carbocycles. The van der Waals surface area contributed by atoms with E-state index in [0.29, 0.717) is 24.4 Å². The number of carbonyl (C=O) groups is 1. The molecular weight excluding hydrogens is 226 g/mol. The summed E-state index contributed by atoms with van der Waals surface area (Å²) < 4.78 is 0. The molecule has 0 aromatic heterocycles. The lowest BCUT2D eigenvalue weighted by Gasteiger charge is -2.11. The van der Waals surface area contributed by atoms with Crippen LogP contribution in [-0.4, -0.2) is 18.2 Å². The number of benzene rings is 1. The number of hydrogen-bond acceptors (Lipinski definition) is 3. The van der Waals surface area contributed by atoms with Gasteiger partial charge in [-0.15, -0.1) is 0 Å². The Morgan fingerprint density at radius 1 is 1.38 bits per heavy atom. The maximum atomic E-state index is 11.7. The van der Waals surface area contributed by atoms with Crippen molar-refractivity contribution in [3.63, 3.8) is 0 Å². The number of rotatable bonds is 3. The molecule has 0 unspecified atom stereocenters. The molecule has 4 nitrogen and oxygen atoms in total. The fourth-order valence-corrected chi connectivity index (χ4v) is 1.70. The Morgan fingerprint density at radius 3 is 2.69 bits per heavy atom. The maximum Gasteiger partial charge on any atom is 0.253 e. The number of hydrazone groups is 1. The van der Waals surface area contributed by atoms with Crippen LogP contribution in [0.4, 0.5) is 5.69 Å². The Hall–Kier alpha value is -1.39. The molecule has 2 N–H and O–H groups in total. The van der Waals surface area contributed by atoms with Crippen molar-refractivity contribution in [1.82, 2.24) is 0 Å². The van der Waals surface area contributed by atoms with Gasteiger partial charge in [0.15, 0.2) is 0 Å². The van der Waals surface area contributed by atoms with Crippen LogP contribution in [0.25, 0.3) is 0 Å². The fraction of sp³-hybridized carbons (Fsp3) is 0.273. The standard InChI is InChI=1S/C11H12ClN3O/c12-8-1-3-10(4-2-8)15-11(16)7-9(14-15)5-6-13/h1-4H,5-7,13H2. The predicted octanol–water partition coefficient (Wildman–Crippen LogP) is 1.78. The topological polar surface area (TPSA) is 58.7 Å². The summed E-state index contributed by atoms with van der Waals surface area (Å²) in [7, 11) is 0. The smallest absolute Gasteiger partial charge is 0.253 e. The van der Waals surface area contributed by atoms with Crippen molar-refractivity contribution in [2.75, 3.05) is 11.6 Å². The van der Waals surface area contributed by atoms with E-state index in [1.165, 1.54) is 5.01 Å². The number of amides is 1. The van der Waals surface area contributed by atoms with E-state index in [1.807, 2.05) is 0 Å². The SMILES string of the molecule is NCCC1=NN(c2ccc(Cl)cc2)C(=O)C1. The van der Waals surface area contributed by atoms with Gasteiger partial charge >= 0.3 is 0 Å². The second-order valence-corrected chi connectivity index (χ2v) is 4.00. The van der Waals surface area contributed by atoms with Crippen molar-refractivity contribution in [2.24, 2.45) is 10.8 Å². The molecule has 0 spiro atoms. The molecule has 1 aliphatic rings. The van der Waals surface area contributed by atoms with Gasteiger partial charge in [0.25, 0.3) is 5.91 Å². The molecular formula is C11H12ClN3O. The lowest BCUT2D eigenvalue weighted by molar-refractivity contribution is -0.116.